The smallest absolute Gasteiger partial charge is 0.296 e. The molecule has 3 heterocycles. The lowest BCUT2D eigenvalue weighted by atomic mass is 9.33. The molecule has 0 N–H and O–H groups in total. The van der Waals surface area contributed by atoms with Gasteiger partial charge in [0.25, 0.3) is 6.71 Å². The first kappa shape index (κ1) is 44.3. The second-order valence-electron chi connectivity index (χ2n) is 26.1. The summed E-state index contributed by atoms with van der Waals surface area (Å²) in [7, 11) is 0. The van der Waals surface area contributed by atoms with E-state index in [0.717, 1.165) is 17.7 Å². The molecule has 0 spiro atoms. The normalized spacial score (nSPS) is 21.0. The largest absolute Gasteiger partial charge is 0.468 e. The molecular formula is C63H73BN2O. The van der Waals surface area contributed by atoms with Gasteiger partial charge in [-0.15, -0.1) is 0 Å². The summed E-state index contributed by atoms with van der Waals surface area (Å²) in [6.45, 7) is 36.3. The molecule has 0 amide bonds. The van der Waals surface area contributed by atoms with Gasteiger partial charge in [0.2, 0.25) is 0 Å². The SMILES string of the molecule is Cc1ccc2oc3c(c2c1)N(c1ccc(C(C)(C)C)cc1-c1ccccc1)c1cc(C(C)(C)C)cc2c1B3C1=C(CC3C(=C1)C(C)(C)CCC3(C)C)N2c1ccc2c(c1)C(C)(C)CCC2(C)C. The fraction of sp³-hybridized carbons (Fsp3) is 0.429. The van der Waals surface area contributed by atoms with E-state index in [2.05, 4.69) is 217 Å². The van der Waals surface area contributed by atoms with Gasteiger partial charge < -0.3 is 14.2 Å². The Morgan fingerprint density at radius 2 is 1.27 bits per heavy atom. The number of rotatable bonds is 3. The molecule has 1 unspecified atom stereocenters. The molecule has 1 atom stereocenters. The van der Waals surface area contributed by atoms with E-state index in [1.54, 1.807) is 5.57 Å². The molecule has 1 saturated carbocycles. The van der Waals surface area contributed by atoms with Crippen molar-refractivity contribution in [2.75, 3.05) is 9.80 Å². The number of nitrogens with zero attached hydrogens (tertiary/aromatic N) is 2. The number of allylic oxidation sites excluding steroid dienone is 4. The van der Waals surface area contributed by atoms with E-state index in [0.29, 0.717) is 5.92 Å². The summed E-state index contributed by atoms with van der Waals surface area (Å²) in [5.74, 6) is 0.435. The van der Waals surface area contributed by atoms with Crippen LogP contribution in [0, 0.1) is 23.7 Å². The first-order valence-electron chi connectivity index (χ1n) is 25.5. The Hall–Kier alpha value is -5.22. The Morgan fingerprint density at radius 3 is 1.96 bits per heavy atom. The van der Waals surface area contributed by atoms with Gasteiger partial charge in [-0.1, -0.05) is 163 Å². The number of anilines is 5. The predicted molar refractivity (Wildman–Crippen MR) is 287 cm³/mol. The minimum absolute atomic E-state index is 0.0270. The van der Waals surface area contributed by atoms with E-state index in [1.807, 2.05) is 0 Å². The van der Waals surface area contributed by atoms with Crippen LogP contribution in [0.5, 0.6) is 0 Å². The highest BCUT2D eigenvalue weighted by Crippen LogP contribution is 2.60. The van der Waals surface area contributed by atoms with Crippen molar-refractivity contribution in [3.8, 4) is 11.1 Å². The minimum Gasteiger partial charge on any atom is -0.468 e. The molecule has 344 valence electrons. The van der Waals surface area contributed by atoms with Gasteiger partial charge in [-0.05, 0) is 165 Å². The summed E-state index contributed by atoms with van der Waals surface area (Å²) in [6, 6.07) is 37.9. The summed E-state index contributed by atoms with van der Waals surface area (Å²) in [5, 5.41) is 1.17. The summed E-state index contributed by atoms with van der Waals surface area (Å²) in [4.78, 5) is 5.40. The molecule has 0 saturated heterocycles. The third kappa shape index (κ3) is 6.80. The molecule has 1 aromatic heterocycles. The highest BCUT2D eigenvalue weighted by atomic mass is 16.3. The topological polar surface area (TPSA) is 19.6 Å². The Morgan fingerprint density at radius 1 is 0.612 bits per heavy atom. The molecule has 3 aliphatic carbocycles. The number of furan rings is 1. The second kappa shape index (κ2) is 14.4. The molecule has 5 aliphatic rings. The molecule has 0 radical (unpaired) electrons. The number of fused-ring (bicyclic) bond motifs is 7. The van der Waals surface area contributed by atoms with Crippen LogP contribution in [0.4, 0.5) is 28.4 Å². The van der Waals surface area contributed by atoms with E-state index in [-0.39, 0.29) is 39.2 Å². The van der Waals surface area contributed by atoms with Crippen molar-refractivity contribution in [2.24, 2.45) is 16.7 Å². The number of benzene rings is 5. The Labute approximate surface area is 402 Å². The minimum atomic E-state index is -0.127. The van der Waals surface area contributed by atoms with Crippen LogP contribution in [-0.4, -0.2) is 6.71 Å². The van der Waals surface area contributed by atoms with Crippen molar-refractivity contribution in [3.63, 3.8) is 0 Å². The molecule has 11 rings (SSSR count). The van der Waals surface area contributed by atoms with Crippen LogP contribution < -0.4 is 20.9 Å². The summed E-state index contributed by atoms with van der Waals surface area (Å²) in [6.07, 6.45) is 8.51. The van der Waals surface area contributed by atoms with Crippen molar-refractivity contribution in [1.29, 1.82) is 0 Å². The maximum atomic E-state index is 7.49. The van der Waals surface area contributed by atoms with Crippen molar-refractivity contribution in [2.45, 2.75) is 158 Å². The fourth-order valence-electron chi connectivity index (χ4n) is 12.9. The number of aryl methyl sites for hydroxylation is 1. The zero-order chi connectivity index (χ0) is 47.5. The van der Waals surface area contributed by atoms with E-state index in [9.17, 15) is 0 Å². The van der Waals surface area contributed by atoms with Crippen molar-refractivity contribution in [1.82, 2.24) is 0 Å². The average molecular weight is 885 g/mol. The zero-order valence-electron chi connectivity index (χ0n) is 43.3. The number of hydrogen-bond donors (Lipinski definition) is 0. The molecule has 0 bridgehead atoms. The quantitative estimate of drug-likeness (QED) is 0.165. The summed E-state index contributed by atoms with van der Waals surface area (Å²) >= 11 is 0. The Balaban J connectivity index is 1.29. The Bertz CT molecular complexity index is 3100. The molecular weight excluding hydrogens is 812 g/mol. The van der Waals surface area contributed by atoms with E-state index in [1.165, 1.54) is 115 Å². The van der Waals surface area contributed by atoms with E-state index >= 15 is 0 Å². The maximum Gasteiger partial charge on any atom is 0.296 e. The molecule has 1 fully saturated rings. The zero-order valence-corrected chi connectivity index (χ0v) is 43.3. The second-order valence-corrected chi connectivity index (χ2v) is 26.1. The lowest BCUT2D eigenvalue weighted by molar-refractivity contribution is 0.121. The van der Waals surface area contributed by atoms with Crippen LogP contribution in [0.1, 0.15) is 157 Å². The third-order valence-electron chi connectivity index (χ3n) is 17.5. The van der Waals surface area contributed by atoms with Crippen LogP contribution in [0.25, 0.3) is 22.1 Å². The molecule has 5 aromatic carbocycles. The monoisotopic (exact) mass is 885 g/mol. The fourth-order valence-corrected chi connectivity index (χ4v) is 12.9. The number of hydrogen-bond acceptors (Lipinski definition) is 3. The maximum absolute atomic E-state index is 7.49. The van der Waals surface area contributed by atoms with Gasteiger partial charge in [0.05, 0.1) is 17.0 Å². The summed E-state index contributed by atoms with van der Waals surface area (Å²) in [5.41, 5.74) is 23.7. The average Bonchev–Trinajstić information content (AvgIpc) is 3.64. The van der Waals surface area contributed by atoms with Gasteiger partial charge in [-0.2, -0.15) is 0 Å². The molecule has 3 nitrogen and oxygen atoms in total. The first-order chi connectivity index (χ1) is 31.4. The third-order valence-corrected chi connectivity index (χ3v) is 17.5. The highest BCUT2D eigenvalue weighted by Gasteiger charge is 2.53. The first-order valence-corrected chi connectivity index (χ1v) is 25.5. The molecule has 2 aliphatic heterocycles. The van der Waals surface area contributed by atoms with Gasteiger partial charge in [0.1, 0.15) is 5.58 Å². The van der Waals surface area contributed by atoms with Crippen molar-refractivity contribution in [3.05, 3.63) is 148 Å². The van der Waals surface area contributed by atoms with E-state index < -0.39 is 0 Å². The molecule has 4 heteroatoms. The van der Waals surface area contributed by atoms with Crippen LogP contribution in [0.2, 0.25) is 0 Å². The van der Waals surface area contributed by atoms with Gasteiger partial charge in [0.15, 0.2) is 0 Å². The molecule has 67 heavy (non-hydrogen) atoms. The van der Waals surface area contributed by atoms with Gasteiger partial charge in [-0.25, -0.2) is 0 Å². The van der Waals surface area contributed by atoms with Gasteiger partial charge >= 0.3 is 0 Å². The Kier molecular flexibility index (Phi) is 9.53. The molecule has 6 aromatic rings. The van der Waals surface area contributed by atoms with Crippen molar-refractivity contribution < 1.29 is 4.42 Å². The predicted octanol–water partition coefficient (Wildman–Crippen LogP) is 16.5. The highest BCUT2D eigenvalue weighted by molar-refractivity contribution is 6.95. The van der Waals surface area contributed by atoms with Gasteiger partial charge in [0, 0.05) is 33.7 Å². The summed E-state index contributed by atoms with van der Waals surface area (Å²) < 4.78 is 7.49. The van der Waals surface area contributed by atoms with Crippen molar-refractivity contribution >= 4 is 57.2 Å². The van der Waals surface area contributed by atoms with E-state index in [4.69, 9.17) is 4.42 Å². The van der Waals surface area contributed by atoms with Crippen LogP contribution >= 0.6 is 0 Å². The van der Waals surface area contributed by atoms with Crippen LogP contribution in [0.3, 0.4) is 0 Å². The van der Waals surface area contributed by atoms with Crippen LogP contribution in [-0.2, 0) is 21.7 Å². The van der Waals surface area contributed by atoms with Crippen LogP contribution in [0.15, 0.2) is 124 Å². The van der Waals surface area contributed by atoms with Gasteiger partial charge in [-0.3, -0.25) is 0 Å². The lowest BCUT2D eigenvalue weighted by Crippen LogP contribution is -2.57. The standard InChI is InChI=1S/C63H73BN2O/c1-38-21-26-54-44(31-38)56-57(67-54)64-49-36-47-48(63(14,15)30-29-62(47,12)13)37-51(49)65(42-23-24-45-46(35-42)61(10,11)28-27-60(45,8)9)52-33-41(59(5,6)7)34-53(55(52)64)66(56)50-25-22-40(58(2,3)4)32-43(50)39-19-17-16-18-20-39/h16-26,31-36,48H,27-30,37H2,1-15H3. The lowest BCUT2D eigenvalue weighted by Gasteiger charge is -2.53.